The number of fused-ring (bicyclic) bond motifs is 1. The molecule has 1 aliphatic heterocycles. The lowest BCUT2D eigenvalue weighted by Gasteiger charge is -2.24. The van der Waals surface area contributed by atoms with E-state index in [1.165, 1.54) is 0 Å². The lowest BCUT2D eigenvalue weighted by molar-refractivity contribution is 0.0989. The van der Waals surface area contributed by atoms with Crippen LogP contribution in [0, 0.1) is 0 Å². The largest absolute Gasteiger partial charge is 0.493 e. The molecule has 0 bridgehead atoms. The fraction of sp³-hybridized carbons (Fsp3) is 0.286. The van der Waals surface area contributed by atoms with Crippen molar-refractivity contribution >= 4 is 11.7 Å². The number of carbonyl (C=O) groups is 1. The molecule has 1 amide bonds. The number of benzene rings is 1. The van der Waals surface area contributed by atoms with Gasteiger partial charge in [-0.1, -0.05) is 13.3 Å². The Balaban J connectivity index is 1.80. The maximum atomic E-state index is 13.3. The van der Waals surface area contributed by atoms with Crippen LogP contribution >= 0.6 is 0 Å². The second kappa shape index (κ2) is 7.83. The topological polar surface area (TPSA) is 90.3 Å². The van der Waals surface area contributed by atoms with Crippen molar-refractivity contribution < 1.29 is 14.3 Å². The van der Waals surface area contributed by atoms with Crippen LogP contribution < -0.4 is 14.4 Å². The molecule has 3 heterocycles. The van der Waals surface area contributed by atoms with E-state index in [0.717, 1.165) is 18.4 Å². The molecule has 148 valence electrons. The van der Waals surface area contributed by atoms with Crippen LogP contribution in [0.2, 0.25) is 0 Å². The Morgan fingerprint density at radius 1 is 1.00 bits per heavy atom. The number of hydrogen-bond acceptors (Lipinski definition) is 7. The summed E-state index contributed by atoms with van der Waals surface area (Å²) < 4.78 is 10.8. The number of anilines is 1. The molecule has 1 atom stereocenters. The van der Waals surface area contributed by atoms with E-state index in [1.807, 2.05) is 6.07 Å². The molecule has 0 saturated heterocycles. The minimum Gasteiger partial charge on any atom is -0.493 e. The third-order valence-corrected chi connectivity index (χ3v) is 4.89. The SMILES string of the molecule is CCCC1c2cc(OC)c(OC)cc2C(=O)N1c1ccnc(-c2ncccn2)n1. The van der Waals surface area contributed by atoms with Gasteiger partial charge < -0.3 is 9.47 Å². The molecule has 0 saturated carbocycles. The van der Waals surface area contributed by atoms with Gasteiger partial charge in [0.1, 0.15) is 5.82 Å². The van der Waals surface area contributed by atoms with E-state index in [0.29, 0.717) is 34.5 Å². The lowest BCUT2D eigenvalue weighted by Crippen LogP contribution is -2.28. The molecule has 1 aromatic carbocycles. The summed E-state index contributed by atoms with van der Waals surface area (Å²) in [5.41, 5.74) is 1.50. The predicted octanol–water partition coefficient (Wildman–Crippen LogP) is 3.45. The van der Waals surface area contributed by atoms with Crippen LogP contribution in [0.25, 0.3) is 11.6 Å². The van der Waals surface area contributed by atoms with Gasteiger partial charge in [-0.3, -0.25) is 9.69 Å². The van der Waals surface area contributed by atoms with Crippen molar-refractivity contribution in [3.8, 4) is 23.1 Å². The molecule has 1 unspecified atom stereocenters. The van der Waals surface area contributed by atoms with Gasteiger partial charge in [-0.25, -0.2) is 19.9 Å². The molecule has 8 heteroatoms. The molecule has 0 spiro atoms. The molecule has 0 aliphatic carbocycles. The molecule has 29 heavy (non-hydrogen) atoms. The highest BCUT2D eigenvalue weighted by Gasteiger charge is 2.39. The van der Waals surface area contributed by atoms with Crippen LogP contribution in [-0.2, 0) is 0 Å². The van der Waals surface area contributed by atoms with Gasteiger partial charge in [0.25, 0.3) is 5.91 Å². The van der Waals surface area contributed by atoms with Crippen LogP contribution in [0.15, 0.2) is 42.9 Å². The zero-order valence-corrected chi connectivity index (χ0v) is 16.5. The normalized spacial score (nSPS) is 15.3. The van der Waals surface area contributed by atoms with Crippen molar-refractivity contribution in [3.05, 3.63) is 54.0 Å². The van der Waals surface area contributed by atoms with Gasteiger partial charge in [-0.15, -0.1) is 0 Å². The lowest BCUT2D eigenvalue weighted by atomic mass is 10.00. The number of amides is 1. The Bertz CT molecular complexity index is 1040. The number of carbonyl (C=O) groups excluding carboxylic acids is 1. The van der Waals surface area contributed by atoms with E-state index in [4.69, 9.17) is 9.47 Å². The molecular weight excluding hydrogens is 370 g/mol. The van der Waals surface area contributed by atoms with Gasteiger partial charge in [0.2, 0.25) is 0 Å². The van der Waals surface area contributed by atoms with Crippen molar-refractivity contribution in [2.75, 3.05) is 19.1 Å². The van der Waals surface area contributed by atoms with E-state index in [-0.39, 0.29) is 11.9 Å². The average Bonchev–Trinajstić information content (AvgIpc) is 3.04. The zero-order chi connectivity index (χ0) is 20.4. The number of ether oxygens (including phenoxy) is 2. The highest BCUT2D eigenvalue weighted by atomic mass is 16.5. The fourth-order valence-electron chi connectivity index (χ4n) is 3.59. The van der Waals surface area contributed by atoms with Crippen LogP contribution in [0.1, 0.15) is 41.7 Å². The Morgan fingerprint density at radius 3 is 2.38 bits per heavy atom. The van der Waals surface area contributed by atoms with Crippen LogP contribution in [0.4, 0.5) is 5.82 Å². The summed E-state index contributed by atoms with van der Waals surface area (Å²) in [6.07, 6.45) is 6.58. The first-order valence-corrected chi connectivity index (χ1v) is 9.37. The van der Waals surface area contributed by atoms with Gasteiger partial charge >= 0.3 is 0 Å². The molecule has 0 radical (unpaired) electrons. The minimum atomic E-state index is -0.151. The first-order valence-electron chi connectivity index (χ1n) is 9.37. The summed E-state index contributed by atoms with van der Waals surface area (Å²) in [6.45, 7) is 2.09. The van der Waals surface area contributed by atoms with Crippen molar-refractivity contribution in [2.45, 2.75) is 25.8 Å². The number of nitrogens with zero attached hydrogens (tertiary/aromatic N) is 5. The summed E-state index contributed by atoms with van der Waals surface area (Å²) in [4.78, 5) is 32.3. The van der Waals surface area contributed by atoms with E-state index >= 15 is 0 Å². The molecule has 8 nitrogen and oxygen atoms in total. The predicted molar refractivity (Wildman–Crippen MR) is 107 cm³/mol. The first-order chi connectivity index (χ1) is 14.2. The smallest absolute Gasteiger partial charge is 0.260 e. The van der Waals surface area contributed by atoms with E-state index < -0.39 is 0 Å². The summed E-state index contributed by atoms with van der Waals surface area (Å²) in [5, 5.41) is 0. The third-order valence-electron chi connectivity index (χ3n) is 4.89. The monoisotopic (exact) mass is 391 g/mol. The zero-order valence-electron chi connectivity index (χ0n) is 16.5. The highest BCUT2D eigenvalue weighted by Crippen LogP contribution is 2.44. The summed E-state index contributed by atoms with van der Waals surface area (Å²) in [6, 6.07) is 6.93. The number of methoxy groups -OCH3 is 2. The maximum Gasteiger partial charge on any atom is 0.260 e. The number of rotatable bonds is 6. The molecule has 1 aliphatic rings. The highest BCUT2D eigenvalue weighted by molar-refractivity contribution is 6.11. The van der Waals surface area contributed by atoms with Gasteiger partial charge in [-0.2, -0.15) is 0 Å². The van der Waals surface area contributed by atoms with Gasteiger partial charge in [0, 0.05) is 24.2 Å². The average molecular weight is 391 g/mol. The van der Waals surface area contributed by atoms with Crippen molar-refractivity contribution in [2.24, 2.45) is 0 Å². The Labute approximate surface area is 168 Å². The fourth-order valence-corrected chi connectivity index (χ4v) is 3.59. The molecule has 2 aromatic heterocycles. The summed E-state index contributed by atoms with van der Waals surface area (Å²) >= 11 is 0. The van der Waals surface area contributed by atoms with Crippen molar-refractivity contribution in [1.82, 2.24) is 19.9 Å². The first kappa shape index (κ1) is 18.8. The number of hydrogen-bond donors (Lipinski definition) is 0. The number of aromatic nitrogens is 4. The molecule has 4 rings (SSSR count). The van der Waals surface area contributed by atoms with Crippen LogP contribution in [0.5, 0.6) is 11.5 Å². The third kappa shape index (κ3) is 3.26. The molecule has 3 aromatic rings. The second-order valence-electron chi connectivity index (χ2n) is 6.58. The minimum absolute atomic E-state index is 0.127. The van der Waals surface area contributed by atoms with Gasteiger partial charge in [0.15, 0.2) is 23.1 Å². The Kier molecular flexibility index (Phi) is 5.07. The van der Waals surface area contributed by atoms with Crippen LogP contribution in [-0.4, -0.2) is 40.1 Å². The Hall–Kier alpha value is -3.55. The van der Waals surface area contributed by atoms with Crippen molar-refractivity contribution in [1.29, 1.82) is 0 Å². The molecule has 0 fully saturated rings. The van der Waals surface area contributed by atoms with E-state index in [9.17, 15) is 4.79 Å². The summed E-state index contributed by atoms with van der Waals surface area (Å²) in [5.74, 6) is 2.30. The quantitative estimate of drug-likeness (QED) is 0.635. The van der Waals surface area contributed by atoms with E-state index in [2.05, 4.69) is 26.9 Å². The molecular formula is C21H21N5O3. The second-order valence-corrected chi connectivity index (χ2v) is 6.58. The van der Waals surface area contributed by atoms with Crippen LogP contribution in [0.3, 0.4) is 0 Å². The summed E-state index contributed by atoms with van der Waals surface area (Å²) in [7, 11) is 3.14. The molecule has 0 N–H and O–H groups in total. The maximum absolute atomic E-state index is 13.3. The van der Waals surface area contributed by atoms with Gasteiger partial charge in [-0.05, 0) is 36.2 Å². The standard InChI is InChI=1S/C21H21N5O3/c1-4-6-15-13-11-16(28-2)17(29-3)12-14(13)21(27)26(15)18-7-10-24-20(25-18)19-22-8-5-9-23-19/h5,7-12,15H,4,6H2,1-3H3. The van der Waals surface area contributed by atoms with Crippen molar-refractivity contribution in [3.63, 3.8) is 0 Å². The Morgan fingerprint density at radius 2 is 1.69 bits per heavy atom. The van der Waals surface area contributed by atoms with E-state index in [1.54, 1.807) is 55.9 Å². The van der Waals surface area contributed by atoms with Gasteiger partial charge in [0.05, 0.1) is 20.3 Å².